The Balaban J connectivity index is 2.28. The molecule has 2 aromatic rings. The summed E-state index contributed by atoms with van der Waals surface area (Å²) in [5.74, 6) is -0.556. The minimum atomic E-state index is -0.556. The van der Waals surface area contributed by atoms with Crippen LogP contribution < -0.4 is 11.1 Å². The number of hydrogen-bond acceptors (Lipinski definition) is 3. The van der Waals surface area contributed by atoms with E-state index in [0.29, 0.717) is 11.3 Å². The largest absolute Gasteiger partial charge is 0.397 e. The molecule has 2 rings (SSSR count). The van der Waals surface area contributed by atoms with Gasteiger partial charge >= 0.3 is 0 Å². The van der Waals surface area contributed by atoms with Crippen molar-refractivity contribution in [3.8, 4) is 6.07 Å². The fourth-order valence-corrected chi connectivity index (χ4v) is 1.62. The topological polar surface area (TPSA) is 61.8 Å². The number of halogens is 2. The van der Waals surface area contributed by atoms with Crippen LogP contribution in [0.5, 0.6) is 0 Å². The first-order valence-electron chi connectivity index (χ1n) is 5.12. The van der Waals surface area contributed by atoms with Crippen LogP contribution >= 0.6 is 11.6 Å². The molecule has 5 heteroatoms. The second-order valence-corrected chi connectivity index (χ2v) is 4.07. The summed E-state index contributed by atoms with van der Waals surface area (Å²) in [5, 5.41) is 11.7. The second kappa shape index (κ2) is 4.94. The lowest BCUT2D eigenvalue weighted by Crippen LogP contribution is -1.97. The van der Waals surface area contributed by atoms with E-state index >= 15 is 0 Å². The lowest BCUT2D eigenvalue weighted by Gasteiger charge is -2.10. The summed E-state index contributed by atoms with van der Waals surface area (Å²) in [6.07, 6.45) is 0. The normalized spacial score (nSPS) is 9.83. The molecule has 0 fully saturated rings. The molecule has 2 aromatic carbocycles. The predicted molar refractivity (Wildman–Crippen MR) is 70.3 cm³/mol. The Morgan fingerprint density at radius 2 is 1.89 bits per heavy atom. The van der Waals surface area contributed by atoms with Gasteiger partial charge in [0.05, 0.1) is 28.0 Å². The van der Waals surface area contributed by atoms with Gasteiger partial charge in [0.25, 0.3) is 0 Å². The Hall–Kier alpha value is -2.25. The van der Waals surface area contributed by atoms with Gasteiger partial charge in [0.15, 0.2) is 0 Å². The van der Waals surface area contributed by atoms with Gasteiger partial charge in [-0.1, -0.05) is 11.6 Å². The van der Waals surface area contributed by atoms with Crippen molar-refractivity contribution in [3.05, 3.63) is 52.8 Å². The number of nitriles is 1. The molecule has 0 radical (unpaired) electrons. The summed E-state index contributed by atoms with van der Waals surface area (Å²) >= 11 is 5.69. The Morgan fingerprint density at radius 3 is 2.50 bits per heavy atom. The third kappa shape index (κ3) is 2.53. The van der Waals surface area contributed by atoms with Gasteiger partial charge in [-0.2, -0.15) is 5.26 Å². The monoisotopic (exact) mass is 261 g/mol. The molecule has 0 saturated carbocycles. The molecular formula is C13H9ClFN3. The lowest BCUT2D eigenvalue weighted by molar-refractivity contribution is 0.629. The van der Waals surface area contributed by atoms with Crippen LogP contribution in [0.1, 0.15) is 5.56 Å². The Kier molecular flexibility index (Phi) is 3.35. The summed E-state index contributed by atoms with van der Waals surface area (Å²) in [6, 6.07) is 11.4. The van der Waals surface area contributed by atoms with Gasteiger partial charge in [-0.15, -0.1) is 0 Å². The Bertz CT molecular complexity index is 617. The van der Waals surface area contributed by atoms with Crippen LogP contribution in [0.25, 0.3) is 0 Å². The number of hydrogen-bond donors (Lipinski definition) is 2. The number of anilines is 3. The summed E-state index contributed by atoms with van der Waals surface area (Å²) in [4.78, 5) is 0. The van der Waals surface area contributed by atoms with E-state index in [-0.39, 0.29) is 10.7 Å². The third-order valence-corrected chi connectivity index (χ3v) is 2.68. The smallest absolute Gasteiger partial charge is 0.143 e. The molecule has 0 bridgehead atoms. The zero-order valence-electron chi connectivity index (χ0n) is 9.24. The second-order valence-electron chi connectivity index (χ2n) is 3.67. The van der Waals surface area contributed by atoms with Crippen LogP contribution in [-0.2, 0) is 0 Å². The quantitative estimate of drug-likeness (QED) is 0.811. The fourth-order valence-electron chi connectivity index (χ4n) is 1.45. The predicted octanol–water partition coefficient (Wildman–Crippen LogP) is 3.68. The van der Waals surface area contributed by atoms with Crippen molar-refractivity contribution in [2.45, 2.75) is 0 Å². The first kappa shape index (κ1) is 12.2. The van der Waals surface area contributed by atoms with E-state index in [1.165, 1.54) is 6.07 Å². The van der Waals surface area contributed by atoms with Crippen LogP contribution in [0, 0.1) is 17.1 Å². The molecule has 0 aliphatic rings. The molecule has 0 aromatic heterocycles. The first-order chi connectivity index (χ1) is 8.60. The molecule has 3 nitrogen and oxygen atoms in total. The number of nitrogens with one attached hydrogen (secondary N) is 1. The van der Waals surface area contributed by atoms with E-state index in [4.69, 9.17) is 22.6 Å². The lowest BCUT2D eigenvalue weighted by atomic mass is 10.2. The fraction of sp³-hybridized carbons (Fsp3) is 0. The summed E-state index contributed by atoms with van der Waals surface area (Å²) in [6.45, 7) is 0. The third-order valence-electron chi connectivity index (χ3n) is 2.39. The van der Waals surface area contributed by atoms with Crippen molar-refractivity contribution in [3.63, 3.8) is 0 Å². The SMILES string of the molecule is N#Cc1ccc(Nc2cc(Cl)c(F)cc2N)cc1. The highest BCUT2D eigenvalue weighted by Gasteiger charge is 2.06. The van der Waals surface area contributed by atoms with Crippen LogP contribution in [-0.4, -0.2) is 0 Å². The summed E-state index contributed by atoms with van der Waals surface area (Å²) < 4.78 is 13.1. The zero-order chi connectivity index (χ0) is 13.1. The molecular weight excluding hydrogens is 253 g/mol. The van der Waals surface area contributed by atoms with Gasteiger partial charge in [0, 0.05) is 11.8 Å². The van der Waals surface area contributed by atoms with Gasteiger partial charge in [0.2, 0.25) is 0 Å². The minimum Gasteiger partial charge on any atom is -0.397 e. The Labute approximate surface area is 109 Å². The van der Waals surface area contributed by atoms with Crippen molar-refractivity contribution in [1.29, 1.82) is 5.26 Å². The number of nitrogens with zero attached hydrogens (tertiary/aromatic N) is 1. The molecule has 3 N–H and O–H groups in total. The van der Waals surface area contributed by atoms with E-state index < -0.39 is 5.82 Å². The average molecular weight is 262 g/mol. The highest BCUT2D eigenvalue weighted by molar-refractivity contribution is 6.31. The van der Waals surface area contributed by atoms with Crippen molar-refractivity contribution in [2.24, 2.45) is 0 Å². The number of nitrogens with two attached hydrogens (primary N) is 1. The van der Waals surface area contributed by atoms with Crippen molar-refractivity contribution in [2.75, 3.05) is 11.1 Å². The van der Waals surface area contributed by atoms with E-state index in [1.807, 2.05) is 6.07 Å². The van der Waals surface area contributed by atoms with Crippen LogP contribution in [0.15, 0.2) is 36.4 Å². The molecule has 0 amide bonds. The summed E-state index contributed by atoms with van der Waals surface area (Å²) in [5.41, 5.74) is 7.77. The van der Waals surface area contributed by atoms with Gasteiger partial charge in [-0.3, -0.25) is 0 Å². The highest BCUT2D eigenvalue weighted by Crippen LogP contribution is 2.28. The van der Waals surface area contributed by atoms with Crippen molar-refractivity contribution >= 4 is 28.7 Å². The molecule has 18 heavy (non-hydrogen) atoms. The number of benzene rings is 2. The van der Waals surface area contributed by atoms with Crippen molar-refractivity contribution < 1.29 is 4.39 Å². The van der Waals surface area contributed by atoms with E-state index in [2.05, 4.69) is 5.32 Å². The molecule has 0 unspecified atom stereocenters. The molecule has 0 heterocycles. The molecule has 0 saturated heterocycles. The standard InChI is InChI=1S/C13H9ClFN3/c14-10-5-13(12(17)6-11(10)15)18-9-3-1-8(7-16)2-4-9/h1-6,18H,17H2. The molecule has 0 atom stereocenters. The zero-order valence-corrected chi connectivity index (χ0v) is 10.0. The molecule has 90 valence electrons. The molecule has 0 aliphatic heterocycles. The number of rotatable bonds is 2. The van der Waals surface area contributed by atoms with Gasteiger partial charge in [-0.05, 0) is 30.3 Å². The van der Waals surface area contributed by atoms with E-state index in [0.717, 1.165) is 11.8 Å². The first-order valence-corrected chi connectivity index (χ1v) is 5.49. The van der Waals surface area contributed by atoms with Crippen molar-refractivity contribution in [1.82, 2.24) is 0 Å². The maximum Gasteiger partial charge on any atom is 0.143 e. The Morgan fingerprint density at radius 1 is 1.22 bits per heavy atom. The highest BCUT2D eigenvalue weighted by atomic mass is 35.5. The van der Waals surface area contributed by atoms with E-state index in [1.54, 1.807) is 24.3 Å². The van der Waals surface area contributed by atoms with Gasteiger partial charge in [0.1, 0.15) is 5.82 Å². The van der Waals surface area contributed by atoms with Crippen LogP contribution in [0.2, 0.25) is 5.02 Å². The maximum atomic E-state index is 13.1. The van der Waals surface area contributed by atoms with Crippen LogP contribution in [0.3, 0.4) is 0 Å². The maximum absolute atomic E-state index is 13.1. The summed E-state index contributed by atoms with van der Waals surface area (Å²) in [7, 11) is 0. The van der Waals surface area contributed by atoms with Crippen LogP contribution in [0.4, 0.5) is 21.5 Å². The van der Waals surface area contributed by atoms with Gasteiger partial charge < -0.3 is 11.1 Å². The average Bonchev–Trinajstić information content (AvgIpc) is 2.37. The number of nitrogen functional groups attached to an aromatic ring is 1. The minimum absolute atomic E-state index is 0.000319. The molecule has 0 aliphatic carbocycles. The van der Waals surface area contributed by atoms with Gasteiger partial charge in [-0.25, -0.2) is 4.39 Å². The molecule has 0 spiro atoms. The van der Waals surface area contributed by atoms with E-state index in [9.17, 15) is 4.39 Å².